The maximum absolute atomic E-state index is 8.73. The number of aliphatic hydroxyl groups excluding tert-OH is 1. The molecule has 0 bridgehead atoms. The molecule has 0 aliphatic heterocycles. The van der Waals surface area contributed by atoms with Crippen molar-refractivity contribution in [2.75, 3.05) is 26.7 Å². The van der Waals surface area contributed by atoms with Crippen molar-refractivity contribution >= 4 is 0 Å². The van der Waals surface area contributed by atoms with Gasteiger partial charge in [-0.1, -0.05) is 30.3 Å². The van der Waals surface area contributed by atoms with Crippen LogP contribution in [0.5, 0.6) is 0 Å². The van der Waals surface area contributed by atoms with Crippen LogP contribution < -0.4 is 0 Å². The molecular weight excluding hydrogens is 186 g/mol. The van der Waals surface area contributed by atoms with Crippen molar-refractivity contribution < 1.29 is 5.11 Å². The summed E-state index contributed by atoms with van der Waals surface area (Å²) < 4.78 is 0. The average Bonchev–Trinajstić information content (AvgIpc) is 2.26. The number of aliphatic hydroxyl groups is 1. The smallest absolute Gasteiger partial charge is 0.0558 e. The number of hydrogen-bond acceptors (Lipinski definition) is 2. The molecule has 0 amide bonds. The largest absolute Gasteiger partial charge is 0.395 e. The summed E-state index contributed by atoms with van der Waals surface area (Å²) in [7, 11) is 2.05. The van der Waals surface area contributed by atoms with Crippen LogP contribution in [0, 0.1) is 0 Å². The number of unbranched alkanes of at least 4 members (excludes halogenated alkanes) is 1. The minimum Gasteiger partial charge on any atom is -0.395 e. The Labute approximate surface area is 92.5 Å². The summed E-state index contributed by atoms with van der Waals surface area (Å²) in [4.78, 5) is 2.17. The summed E-state index contributed by atoms with van der Waals surface area (Å²) in [5.41, 5.74) is 1.42. The van der Waals surface area contributed by atoms with Crippen molar-refractivity contribution in [1.82, 2.24) is 4.90 Å². The van der Waals surface area contributed by atoms with Crippen LogP contribution in [0.3, 0.4) is 0 Å². The lowest BCUT2D eigenvalue weighted by atomic mass is 10.1. The van der Waals surface area contributed by atoms with Crippen LogP contribution >= 0.6 is 0 Å². The van der Waals surface area contributed by atoms with Crippen molar-refractivity contribution in [1.29, 1.82) is 0 Å². The van der Waals surface area contributed by atoms with Gasteiger partial charge in [0.15, 0.2) is 0 Å². The van der Waals surface area contributed by atoms with E-state index in [4.69, 9.17) is 5.11 Å². The Balaban J connectivity index is 2.07. The predicted octanol–water partition coefficient (Wildman–Crippen LogP) is 1.93. The molecule has 0 atom stereocenters. The number of rotatable bonds is 7. The number of hydrogen-bond donors (Lipinski definition) is 1. The Morgan fingerprint density at radius 3 is 2.47 bits per heavy atom. The second kappa shape index (κ2) is 7.43. The topological polar surface area (TPSA) is 23.5 Å². The first kappa shape index (κ1) is 12.2. The van der Waals surface area contributed by atoms with Gasteiger partial charge in [0.1, 0.15) is 0 Å². The minimum absolute atomic E-state index is 0.259. The van der Waals surface area contributed by atoms with Crippen LogP contribution in [-0.4, -0.2) is 36.8 Å². The first-order chi connectivity index (χ1) is 7.33. The van der Waals surface area contributed by atoms with Crippen molar-refractivity contribution in [2.24, 2.45) is 0 Å². The van der Waals surface area contributed by atoms with Crippen molar-refractivity contribution in [3.8, 4) is 0 Å². The van der Waals surface area contributed by atoms with E-state index in [0.29, 0.717) is 0 Å². The van der Waals surface area contributed by atoms with Gasteiger partial charge in [-0.05, 0) is 38.4 Å². The van der Waals surface area contributed by atoms with Crippen LogP contribution in [0.15, 0.2) is 30.3 Å². The molecule has 1 aromatic rings. The maximum atomic E-state index is 8.73. The van der Waals surface area contributed by atoms with E-state index in [1.165, 1.54) is 18.4 Å². The van der Waals surface area contributed by atoms with Crippen molar-refractivity contribution in [2.45, 2.75) is 19.3 Å². The Kier molecular flexibility index (Phi) is 6.05. The molecule has 84 valence electrons. The fraction of sp³-hybridized carbons (Fsp3) is 0.538. The van der Waals surface area contributed by atoms with Gasteiger partial charge in [-0.25, -0.2) is 0 Å². The van der Waals surface area contributed by atoms with Gasteiger partial charge in [0.2, 0.25) is 0 Å². The third-order valence-corrected chi connectivity index (χ3v) is 2.58. The van der Waals surface area contributed by atoms with Gasteiger partial charge in [-0.2, -0.15) is 0 Å². The summed E-state index contributed by atoms with van der Waals surface area (Å²) in [6.07, 6.45) is 3.58. The molecule has 15 heavy (non-hydrogen) atoms. The first-order valence-corrected chi connectivity index (χ1v) is 5.66. The van der Waals surface area contributed by atoms with Crippen LogP contribution in [0.2, 0.25) is 0 Å². The number of nitrogens with zero attached hydrogens (tertiary/aromatic N) is 1. The number of benzene rings is 1. The highest BCUT2D eigenvalue weighted by molar-refractivity contribution is 5.14. The molecule has 0 heterocycles. The Hall–Kier alpha value is -0.860. The van der Waals surface area contributed by atoms with E-state index in [2.05, 4.69) is 42.3 Å². The van der Waals surface area contributed by atoms with Gasteiger partial charge in [0, 0.05) is 6.54 Å². The Morgan fingerprint density at radius 1 is 1.07 bits per heavy atom. The number of likely N-dealkylation sites (N-methyl/N-ethyl adjacent to an activating group) is 1. The van der Waals surface area contributed by atoms with Gasteiger partial charge < -0.3 is 10.0 Å². The van der Waals surface area contributed by atoms with E-state index >= 15 is 0 Å². The normalized spacial score (nSPS) is 10.9. The zero-order valence-electron chi connectivity index (χ0n) is 9.52. The highest BCUT2D eigenvalue weighted by Gasteiger charge is 1.97. The third-order valence-electron chi connectivity index (χ3n) is 2.58. The molecule has 1 N–H and O–H groups in total. The highest BCUT2D eigenvalue weighted by atomic mass is 16.3. The molecule has 0 saturated heterocycles. The fourth-order valence-electron chi connectivity index (χ4n) is 1.64. The molecule has 0 aromatic heterocycles. The van der Waals surface area contributed by atoms with E-state index in [-0.39, 0.29) is 6.61 Å². The van der Waals surface area contributed by atoms with Crippen LogP contribution in [0.1, 0.15) is 18.4 Å². The first-order valence-electron chi connectivity index (χ1n) is 5.66. The zero-order chi connectivity index (χ0) is 10.9. The Bertz CT molecular complexity index is 248. The summed E-state index contributed by atoms with van der Waals surface area (Å²) >= 11 is 0. The maximum Gasteiger partial charge on any atom is 0.0558 e. The molecule has 0 radical (unpaired) electrons. The molecule has 2 nitrogen and oxygen atoms in total. The van der Waals surface area contributed by atoms with Gasteiger partial charge in [-0.15, -0.1) is 0 Å². The molecule has 0 unspecified atom stereocenters. The second-order valence-corrected chi connectivity index (χ2v) is 3.97. The van der Waals surface area contributed by atoms with E-state index in [0.717, 1.165) is 19.5 Å². The molecule has 0 aliphatic carbocycles. The van der Waals surface area contributed by atoms with Gasteiger partial charge in [0.05, 0.1) is 6.61 Å². The van der Waals surface area contributed by atoms with Crippen molar-refractivity contribution in [3.63, 3.8) is 0 Å². The highest BCUT2D eigenvalue weighted by Crippen LogP contribution is 2.04. The summed E-state index contributed by atoms with van der Waals surface area (Å²) in [6.45, 7) is 2.12. The molecule has 1 aromatic carbocycles. The monoisotopic (exact) mass is 207 g/mol. The van der Waals surface area contributed by atoms with Gasteiger partial charge in [0.25, 0.3) is 0 Å². The summed E-state index contributed by atoms with van der Waals surface area (Å²) in [6, 6.07) is 10.6. The predicted molar refractivity (Wildman–Crippen MR) is 64.0 cm³/mol. The average molecular weight is 207 g/mol. The lowest BCUT2D eigenvalue weighted by molar-refractivity contribution is 0.219. The fourth-order valence-corrected chi connectivity index (χ4v) is 1.64. The molecule has 1 rings (SSSR count). The lowest BCUT2D eigenvalue weighted by Gasteiger charge is -2.14. The van der Waals surface area contributed by atoms with Gasteiger partial charge in [-0.3, -0.25) is 0 Å². The van der Waals surface area contributed by atoms with E-state index in [9.17, 15) is 0 Å². The standard InChI is InChI=1S/C13H21NO/c1-14(11-12-15)10-6-5-9-13-7-3-2-4-8-13/h2-4,7-8,15H,5-6,9-12H2,1H3. The van der Waals surface area contributed by atoms with Crippen LogP contribution in [-0.2, 0) is 6.42 Å². The molecule has 2 heteroatoms. The van der Waals surface area contributed by atoms with Crippen LogP contribution in [0.4, 0.5) is 0 Å². The molecule has 0 saturated carbocycles. The van der Waals surface area contributed by atoms with E-state index in [1.807, 2.05) is 0 Å². The van der Waals surface area contributed by atoms with E-state index in [1.54, 1.807) is 0 Å². The quantitative estimate of drug-likeness (QED) is 0.691. The van der Waals surface area contributed by atoms with Crippen molar-refractivity contribution in [3.05, 3.63) is 35.9 Å². The Morgan fingerprint density at radius 2 is 1.80 bits per heavy atom. The summed E-state index contributed by atoms with van der Waals surface area (Å²) in [5, 5.41) is 8.73. The second-order valence-electron chi connectivity index (χ2n) is 3.97. The molecule has 0 aliphatic rings. The third kappa shape index (κ3) is 5.55. The van der Waals surface area contributed by atoms with Crippen LogP contribution in [0.25, 0.3) is 0 Å². The lowest BCUT2D eigenvalue weighted by Crippen LogP contribution is -2.23. The van der Waals surface area contributed by atoms with E-state index < -0.39 is 0 Å². The summed E-state index contributed by atoms with van der Waals surface area (Å²) in [5.74, 6) is 0. The molecular formula is C13H21NO. The van der Waals surface area contributed by atoms with Gasteiger partial charge >= 0.3 is 0 Å². The number of aryl methyl sites for hydroxylation is 1. The molecule has 0 fully saturated rings. The zero-order valence-corrected chi connectivity index (χ0v) is 9.52. The SMILES string of the molecule is CN(CCO)CCCCc1ccccc1. The molecule has 0 spiro atoms. The minimum atomic E-state index is 0.259.